The second-order valence-electron chi connectivity index (χ2n) is 7.99. The van der Waals surface area contributed by atoms with Crippen LogP contribution in [0.4, 0.5) is 0 Å². The van der Waals surface area contributed by atoms with Crippen molar-refractivity contribution in [1.29, 1.82) is 0 Å². The normalized spacial score (nSPS) is 24.5. The molecule has 0 radical (unpaired) electrons. The van der Waals surface area contributed by atoms with Gasteiger partial charge in [-0.3, -0.25) is 0 Å². The van der Waals surface area contributed by atoms with Crippen LogP contribution in [0.1, 0.15) is 81.8 Å². The van der Waals surface area contributed by atoms with Gasteiger partial charge in [0.15, 0.2) is 0 Å². The Kier molecular flexibility index (Phi) is 4.18. The van der Waals surface area contributed by atoms with Crippen LogP contribution >= 0.6 is 0 Å². The Bertz CT molecular complexity index is 494. The molecule has 0 saturated heterocycles. The molecule has 1 aromatic heterocycles. The number of aliphatic hydroxyl groups excluding tert-OH is 1. The van der Waals surface area contributed by atoms with Crippen LogP contribution in [0.15, 0.2) is 6.07 Å². The molecule has 1 atom stereocenters. The molecule has 1 N–H and O–H groups in total. The maximum absolute atomic E-state index is 10.3. The number of rotatable bonds is 4. The second kappa shape index (κ2) is 5.79. The Morgan fingerprint density at radius 2 is 2.00 bits per heavy atom. The first-order valence-electron chi connectivity index (χ1n) is 8.88. The summed E-state index contributed by atoms with van der Waals surface area (Å²) in [5.41, 5.74) is 4.52. The lowest BCUT2D eigenvalue weighted by molar-refractivity contribution is 0.152. The molecule has 1 heterocycles. The third-order valence-electron chi connectivity index (χ3n) is 5.70. The van der Waals surface area contributed by atoms with Gasteiger partial charge in [-0.15, -0.1) is 0 Å². The van der Waals surface area contributed by atoms with E-state index in [-0.39, 0.29) is 6.10 Å². The Hall–Kier alpha value is -0.760. The van der Waals surface area contributed by atoms with E-state index in [4.69, 9.17) is 0 Å². The third kappa shape index (κ3) is 2.92. The lowest BCUT2D eigenvalue weighted by atomic mass is 9.78. The van der Waals surface area contributed by atoms with Crippen LogP contribution < -0.4 is 0 Å². The van der Waals surface area contributed by atoms with E-state index >= 15 is 0 Å². The Morgan fingerprint density at radius 3 is 2.67 bits per heavy atom. The lowest BCUT2D eigenvalue weighted by Gasteiger charge is -2.33. The minimum Gasteiger partial charge on any atom is -0.388 e. The van der Waals surface area contributed by atoms with E-state index in [9.17, 15) is 5.11 Å². The molecule has 3 rings (SSSR count). The van der Waals surface area contributed by atoms with Crippen molar-refractivity contribution in [2.24, 2.45) is 11.3 Å². The van der Waals surface area contributed by atoms with Gasteiger partial charge in [0, 0.05) is 23.5 Å². The summed E-state index contributed by atoms with van der Waals surface area (Å²) < 4.78 is 2.56. The van der Waals surface area contributed by atoms with E-state index in [0.717, 1.165) is 25.2 Å². The summed E-state index contributed by atoms with van der Waals surface area (Å²) in [6, 6.07) is 2.25. The van der Waals surface area contributed by atoms with E-state index < -0.39 is 0 Å². The fourth-order valence-electron chi connectivity index (χ4n) is 4.91. The molecule has 0 spiro atoms. The van der Waals surface area contributed by atoms with Crippen molar-refractivity contribution in [3.05, 3.63) is 23.0 Å². The highest BCUT2D eigenvalue weighted by Crippen LogP contribution is 2.46. The second-order valence-corrected chi connectivity index (χ2v) is 7.99. The fraction of sp³-hybridized carbons (Fsp3) is 0.789. The summed E-state index contributed by atoms with van der Waals surface area (Å²) in [4.78, 5) is 0. The van der Waals surface area contributed by atoms with Gasteiger partial charge in [-0.2, -0.15) is 0 Å². The first-order chi connectivity index (χ1) is 10.0. The van der Waals surface area contributed by atoms with Crippen molar-refractivity contribution < 1.29 is 5.11 Å². The minimum absolute atomic E-state index is 0.224. The smallest absolute Gasteiger partial charge is 0.0807 e. The average molecular weight is 289 g/mol. The van der Waals surface area contributed by atoms with Gasteiger partial charge in [0.1, 0.15) is 0 Å². The molecule has 2 aliphatic carbocycles. The maximum atomic E-state index is 10.3. The molecule has 1 fully saturated rings. The zero-order valence-corrected chi connectivity index (χ0v) is 14.0. The molecule has 0 aliphatic heterocycles. The van der Waals surface area contributed by atoms with Gasteiger partial charge in [0.05, 0.1) is 6.10 Å². The molecular formula is C19H31NO. The number of fused-ring (bicyclic) bond motifs is 1. The molecule has 118 valence electrons. The van der Waals surface area contributed by atoms with Crippen molar-refractivity contribution in [2.45, 2.75) is 84.8 Å². The Labute approximate surface area is 129 Å². The zero-order chi connectivity index (χ0) is 15.0. The minimum atomic E-state index is -0.224. The zero-order valence-electron chi connectivity index (χ0n) is 14.0. The van der Waals surface area contributed by atoms with Gasteiger partial charge >= 0.3 is 0 Å². The van der Waals surface area contributed by atoms with Crippen molar-refractivity contribution in [3.63, 3.8) is 0 Å². The van der Waals surface area contributed by atoms with E-state index in [0.29, 0.717) is 5.41 Å². The summed E-state index contributed by atoms with van der Waals surface area (Å²) in [6.45, 7) is 8.13. The largest absolute Gasteiger partial charge is 0.388 e. The maximum Gasteiger partial charge on any atom is 0.0807 e. The van der Waals surface area contributed by atoms with Crippen LogP contribution in [-0.2, 0) is 13.0 Å². The number of aromatic nitrogens is 1. The standard InChI is InChI=1S/C19H31NO/c1-14(2)12-19(9-4-5-10-19)13-20-15(3)11-16-17(20)7-6-8-18(16)21/h11,14,18,21H,4-10,12-13H2,1-3H3. The topological polar surface area (TPSA) is 25.2 Å². The first-order valence-corrected chi connectivity index (χ1v) is 8.88. The van der Waals surface area contributed by atoms with Crippen LogP contribution in [-0.4, -0.2) is 9.67 Å². The van der Waals surface area contributed by atoms with Crippen molar-refractivity contribution in [3.8, 4) is 0 Å². The summed E-state index contributed by atoms with van der Waals surface area (Å²) in [5, 5.41) is 10.3. The highest BCUT2D eigenvalue weighted by molar-refractivity contribution is 5.32. The molecule has 2 nitrogen and oxygen atoms in total. The van der Waals surface area contributed by atoms with Gasteiger partial charge in [0.25, 0.3) is 0 Å². The fourth-order valence-corrected chi connectivity index (χ4v) is 4.91. The van der Waals surface area contributed by atoms with Crippen LogP contribution in [0.5, 0.6) is 0 Å². The Morgan fingerprint density at radius 1 is 1.29 bits per heavy atom. The van der Waals surface area contributed by atoms with Crippen LogP contribution in [0.2, 0.25) is 0 Å². The van der Waals surface area contributed by atoms with E-state index in [1.54, 1.807) is 0 Å². The Balaban J connectivity index is 1.90. The van der Waals surface area contributed by atoms with E-state index in [1.165, 1.54) is 55.6 Å². The predicted octanol–water partition coefficient (Wildman–Crippen LogP) is 4.77. The number of aliphatic hydroxyl groups is 1. The van der Waals surface area contributed by atoms with Gasteiger partial charge in [0.2, 0.25) is 0 Å². The van der Waals surface area contributed by atoms with Gasteiger partial charge in [-0.05, 0) is 62.8 Å². The van der Waals surface area contributed by atoms with Crippen LogP contribution in [0.25, 0.3) is 0 Å². The van der Waals surface area contributed by atoms with Crippen LogP contribution in [0.3, 0.4) is 0 Å². The van der Waals surface area contributed by atoms with Gasteiger partial charge in [-0.1, -0.05) is 26.7 Å². The summed E-state index contributed by atoms with van der Waals surface area (Å²) in [6.07, 6.45) is 9.93. The van der Waals surface area contributed by atoms with Crippen molar-refractivity contribution in [2.75, 3.05) is 0 Å². The van der Waals surface area contributed by atoms with Gasteiger partial charge in [-0.25, -0.2) is 0 Å². The molecule has 2 aliphatic rings. The van der Waals surface area contributed by atoms with Crippen LogP contribution in [0, 0.1) is 18.3 Å². The summed E-state index contributed by atoms with van der Waals surface area (Å²) in [7, 11) is 0. The molecule has 0 amide bonds. The molecular weight excluding hydrogens is 258 g/mol. The number of hydrogen-bond donors (Lipinski definition) is 1. The van der Waals surface area contributed by atoms with E-state index in [1.807, 2.05) is 0 Å². The number of nitrogens with zero attached hydrogens (tertiary/aromatic N) is 1. The van der Waals surface area contributed by atoms with Crippen molar-refractivity contribution in [1.82, 2.24) is 4.57 Å². The lowest BCUT2D eigenvalue weighted by Crippen LogP contribution is -2.27. The molecule has 1 saturated carbocycles. The molecule has 2 heteroatoms. The predicted molar refractivity (Wildman–Crippen MR) is 87.4 cm³/mol. The average Bonchev–Trinajstić information content (AvgIpc) is 2.97. The first kappa shape index (κ1) is 15.1. The number of hydrogen-bond acceptors (Lipinski definition) is 1. The monoisotopic (exact) mass is 289 g/mol. The quantitative estimate of drug-likeness (QED) is 0.848. The highest BCUT2D eigenvalue weighted by Gasteiger charge is 2.36. The van der Waals surface area contributed by atoms with Crippen molar-refractivity contribution >= 4 is 0 Å². The molecule has 1 aromatic rings. The summed E-state index contributed by atoms with van der Waals surface area (Å²) in [5.74, 6) is 0.778. The summed E-state index contributed by atoms with van der Waals surface area (Å²) >= 11 is 0. The van der Waals surface area contributed by atoms with E-state index in [2.05, 4.69) is 31.4 Å². The SMILES string of the molecule is Cc1cc2c(n1CC1(CC(C)C)CCCC1)CCCC2O. The van der Waals surface area contributed by atoms with Gasteiger partial charge < -0.3 is 9.67 Å². The molecule has 1 unspecified atom stereocenters. The highest BCUT2D eigenvalue weighted by atomic mass is 16.3. The number of aryl methyl sites for hydroxylation is 1. The third-order valence-corrected chi connectivity index (χ3v) is 5.70. The molecule has 0 bridgehead atoms. The molecule has 0 aromatic carbocycles. The molecule has 21 heavy (non-hydrogen) atoms.